The van der Waals surface area contributed by atoms with Gasteiger partial charge in [-0.15, -0.1) is 0 Å². The first-order valence-corrected chi connectivity index (χ1v) is 10.0. The Labute approximate surface area is 182 Å². The highest BCUT2D eigenvalue weighted by Gasteiger charge is 2.03. The van der Waals surface area contributed by atoms with Gasteiger partial charge in [-0.05, 0) is 53.9 Å². The van der Waals surface area contributed by atoms with Crippen LogP contribution in [0.25, 0.3) is 0 Å². The first-order valence-electron chi connectivity index (χ1n) is 10.0. The van der Waals surface area contributed by atoms with Crippen molar-refractivity contribution in [2.45, 2.75) is 13.0 Å². The predicted molar refractivity (Wildman–Crippen MR) is 120 cm³/mol. The van der Waals surface area contributed by atoms with E-state index in [4.69, 9.17) is 14.7 Å². The molecular weight excluding hydrogens is 390 g/mol. The lowest BCUT2D eigenvalue weighted by molar-refractivity contribution is -0.119. The molecule has 0 aliphatic rings. The van der Waals surface area contributed by atoms with Crippen molar-refractivity contribution in [1.82, 2.24) is 5.32 Å². The van der Waals surface area contributed by atoms with Crippen molar-refractivity contribution in [2.75, 3.05) is 25.5 Å². The fourth-order valence-electron chi connectivity index (χ4n) is 2.98. The lowest BCUT2D eigenvalue weighted by Gasteiger charge is -2.11. The van der Waals surface area contributed by atoms with Crippen molar-refractivity contribution in [1.29, 1.82) is 5.26 Å². The Bertz CT molecular complexity index is 1040. The Balaban J connectivity index is 1.41. The number of carbonyl (C=O) groups is 1. The van der Waals surface area contributed by atoms with Gasteiger partial charge in [0, 0.05) is 18.3 Å². The zero-order valence-corrected chi connectivity index (χ0v) is 17.4. The van der Waals surface area contributed by atoms with E-state index in [0.29, 0.717) is 24.5 Å². The number of anilines is 1. The molecule has 0 unspecified atom stereocenters. The van der Waals surface area contributed by atoms with E-state index in [1.807, 2.05) is 60.7 Å². The van der Waals surface area contributed by atoms with Crippen molar-refractivity contribution in [3.05, 3.63) is 89.5 Å². The molecule has 0 aliphatic heterocycles. The molecule has 0 bridgehead atoms. The van der Waals surface area contributed by atoms with Crippen LogP contribution in [0, 0.1) is 11.3 Å². The molecule has 0 saturated carbocycles. The van der Waals surface area contributed by atoms with Crippen molar-refractivity contribution in [3.8, 4) is 17.6 Å². The van der Waals surface area contributed by atoms with E-state index in [9.17, 15) is 4.79 Å². The predicted octanol–water partition coefficient (Wildman–Crippen LogP) is 3.92. The Morgan fingerprint density at radius 2 is 1.77 bits per heavy atom. The zero-order chi connectivity index (χ0) is 21.9. The molecule has 3 rings (SSSR count). The first-order chi connectivity index (χ1) is 15.2. The van der Waals surface area contributed by atoms with Crippen LogP contribution in [-0.4, -0.2) is 26.1 Å². The third-order valence-electron chi connectivity index (χ3n) is 4.64. The number of nitrogens with one attached hydrogen (secondary N) is 2. The summed E-state index contributed by atoms with van der Waals surface area (Å²) in [5.41, 5.74) is 3.47. The molecule has 6 heteroatoms. The highest BCUT2D eigenvalue weighted by molar-refractivity contribution is 5.80. The molecule has 6 nitrogen and oxygen atoms in total. The van der Waals surface area contributed by atoms with Gasteiger partial charge in [-0.25, -0.2) is 0 Å². The van der Waals surface area contributed by atoms with E-state index in [1.165, 1.54) is 0 Å². The quantitative estimate of drug-likeness (QED) is 0.524. The molecule has 0 radical (unpaired) electrons. The molecule has 3 aromatic rings. The van der Waals surface area contributed by atoms with Crippen molar-refractivity contribution >= 4 is 11.6 Å². The van der Waals surface area contributed by atoms with Crippen LogP contribution in [0.5, 0.6) is 11.5 Å². The Kier molecular flexibility index (Phi) is 7.90. The minimum atomic E-state index is -0.0758. The zero-order valence-electron chi connectivity index (χ0n) is 17.4. The van der Waals surface area contributed by atoms with Crippen LogP contribution in [0.3, 0.4) is 0 Å². The molecule has 158 valence electrons. The normalized spacial score (nSPS) is 10.1. The molecule has 0 atom stereocenters. The van der Waals surface area contributed by atoms with Gasteiger partial charge in [0.15, 0.2) is 0 Å². The summed E-state index contributed by atoms with van der Waals surface area (Å²) in [7, 11) is 1.64. The third kappa shape index (κ3) is 7.09. The van der Waals surface area contributed by atoms with Crippen molar-refractivity contribution in [2.24, 2.45) is 0 Å². The number of carbonyl (C=O) groups excluding carboxylic acids is 1. The van der Waals surface area contributed by atoms with E-state index >= 15 is 0 Å². The smallest absolute Gasteiger partial charge is 0.239 e. The first kappa shape index (κ1) is 21.7. The number of nitrogens with zero attached hydrogens (tertiary/aromatic N) is 1. The van der Waals surface area contributed by atoms with Gasteiger partial charge in [-0.2, -0.15) is 5.26 Å². The number of hydrogen-bond donors (Lipinski definition) is 2. The highest BCUT2D eigenvalue weighted by atomic mass is 16.5. The summed E-state index contributed by atoms with van der Waals surface area (Å²) in [5.74, 6) is 1.43. The van der Waals surface area contributed by atoms with Crippen LogP contribution in [0.4, 0.5) is 5.69 Å². The molecule has 1 amide bonds. The lowest BCUT2D eigenvalue weighted by atomic mass is 10.1. The third-order valence-corrected chi connectivity index (χ3v) is 4.64. The van der Waals surface area contributed by atoms with Gasteiger partial charge in [-0.3, -0.25) is 4.79 Å². The molecule has 31 heavy (non-hydrogen) atoms. The van der Waals surface area contributed by atoms with Crippen LogP contribution in [-0.2, 0) is 17.8 Å². The van der Waals surface area contributed by atoms with Crippen LogP contribution < -0.4 is 20.1 Å². The van der Waals surface area contributed by atoms with Gasteiger partial charge in [0.1, 0.15) is 18.1 Å². The second-order valence-corrected chi connectivity index (χ2v) is 6.93. The summed E-state index contributed by atoms with van der Waals surface area (Å²) < 4.78 is 11.0. The van der Waals surface area contributed by atoms with Gasteiger partial charge in [0.2, 0.25) is 5.91 Å². The Morgan fingerprint density at radius 1 is 0.968 bits per heavy atom. The van der Waals surface area contributed by atoms with Gasteiger partial charge >= 0.3 is 0 Å². The number of nitriles is 1. The molecular formula is C25H25N3O3. The van der Waals surface area contributed by atoms with Crippen LogP contribution in [0.15, 0.2) is 72.8 Å². The fraction of sp³-hybridized carbons (Fsp3) is 0.200. The van der Waals surface area contributed by atoms with E-state index in [0.717, 1.165) is 29.0 Å². The van der Waals surface area contributed by atoms with Gasteiger partial charge in [-0.1, -0.05) is 30.3 Å². The SMILES string of the molecule is COc1ccc(CCNC(=O)CNc2cccc(OCc3cccc(C#N)c3)c2)cc1. The van der Waals surface area contributed by atoms with Gasteiger partial charge in [0.05, 0.1) is 25.3 Å². The minimum absolute atomic E-state index is 0.0758. The summed E-state index contributed by atoms with van der Waals surface area (Å²) in [6.07, 6.45) is 0.756. The Hall–Kier alpha value is -3.98. The second kappa shape index (κ2) is 11.3. The van der Waals surface area contributed by atoms with E-state index < -0.39 is 0 Å². The number of benzene rings is 3. The van der Waals surface area contributed by atoms with Crippen molar-refractivity contribution < 1.29 is 14.3 Å². The number of hydrogen-bond acceptors (Lipinski definition) is 5. The van der Waals surface area contributed by atoms with Crippen LogP contribution >= 0.6 is 0 Å². The molecule has 2 N–H and O–H groups in total. The monoisotopic (exact) mass is 415 g/mol. The summed E-state index contributed by atoms with van der Waals surface area (Å²) in [6.45, 7) is 1.11. The van der Waals surface area contributed by atoms with E-state index in [1.54, 1.807) is 19.2 Å². The van der Waals surface area contributed by atoms with Gasteiger partial charge in [0.25, 0.3) is 0 Å². The summed E-state index contributed by atoms with van der Waals surface area (Å²) in [6, 6.07) is 24.7. The topological polar surface area (TPSA) is 83.4 Å². The molecule has 0 aromatic heterocycles. The standard InChI is InChI=1S/C25H25N3O3/c1-30-23-10-8-19(9-11-23)12-13-27-25(29)17-28-22-6-3-7-24(15-22)31-18-21-5-2-4-20(14-21)16-26/h2-11,14-15,28H,12-13,17-18H2,1H3,(H,27,29). The van der Waals surface area contributed by atoms with Crippen molar-refractivity contribution in [3.63, 3.8) is 0 Å². The number of rotatable bonds is 10. The molecule has 0 saturated heterocycles. The largest absolute Gasteiger partial charge is 0.497 e. The maximum atomic E-state index is 12.1. The molecule has 3 aromatic carbocycles. The number of amides is 1. The number of methoxy groups -OCH3 is 1. The average Bonchev–Trinajstić information content (AvgIpc) is 2.82. The minimum Gasteiger partial charge on any atom is -0.497 e. The number of ether oxygens (including phenoxy) is 2. The van der Waals surface area contributed by atoms with Crippen LogP contribution in [0.1, 0.15) is 16.7 Å². The van der Waals surface area contributed by atoms with E-state index in [-0.39, 0.29) is 12.5 Å². The molecule has 0 spiro atoms. The maximum absolute atomic E-state index is 12.1. The average molecular weight is 415 g/mol. The fourth-order valence-corrected chi connectivity index (χ4v) is 2.98. The second-order valence-electron chi connectivity index (χ2n) is 6.93. The summed E-state index contributed by atoms with van der Waals surface area (Å²) in [4.78, 5) is 12.1. The summed E-state index contributed by atoms with van der Waals surface area (Å²) in [5, 5.41) is 15.0. The molecule has 0 heterocycles. The van der Waals surface area contributed by atoms with Gasteiger partial charge < -0.3 is 20.1 Å². The molecule has 0 aliphatic carbocycles. The Morgan fingerprint density at radius 3 is 2.55 bits per heavy atom. The summed E-state index contributed by atoms with van der Waals surface area (Å²) >= 11 is 0. The maximum Gasteiger partial charge on any atom is 0.239 e. The van der Waals surface area contributed by atoms with Crippen LogP contribution in [0.2, 0.25) is 0 Å². The molecule has 0 fully saturated rings. The van der Waals surface area contributed by atoms with E-state index in [2.05, 4.69) is 16.7 Å². The lowest BCUT2D eigenvalue weighted by Crippen LogP contribution is -2.31. The highest BCUT2D eigenvalue weighted by Crippen LogP contribution is 2.19.